The van der Waals surface area contributed by atoms with Gasteiger partial charge < -0.3 is 29.2 Å². The Labute approximate surface area is 383 Å². The molecule has 6 rings (SSSR count). The van der Waals surface area contributed by atoms with Gasteiger partial charge in [-0.25, -0.2) is 39.1 Å². The summed E-state index contributed by atoms with van der Waals surface area (Å²) in [6, 6.07) is 11.2. The number of amides is 2. The van der Waals surface area contributed by atoms with Crippen LogP contribution in [0.25, 0.3) is 22.1 Å². The Balaban J connectivity index is 0.000000241. The first-order valence-corrected chi connectivity index (χ1v) is 20.7. The number of esters is 1. The number of aliphatic hydroxyl groups is 1. The standard InChI is InChI=1S/C23H27F2N3O5.C11H7ClF2N2.C11H19NO5/c1-7-23(24,25)17-18(27-15-11-9-8-10-14(15)26-17)32-22(5)12-16(19(29)31-6)28(13-22)20(30)33-21(2,3)4;1-2-11(13,14)9-10(12)16-8-6-4-3-5-7(8)15-9;1-10(2,3)17-9(15)12-6-11(4,16)5-7(12)8(13)14/h7-11,16H,1,12-13H2,2-6H3;2-6H,1H2;7,16H,5-6H2,1-4H3,(H,13,14)/t16-,22+;;7-,11+/m0.0/s1. The van der Waals surface area contributed by atoms with Gasteiger partial charge in [-0.1, -0.05) is 49.0 Å². The van der Waals surface area contributed by atoms with Crippen LogP contribution in [0.3, 0.4) is 0 Å². The van der Waals surface area contributed by atoms with Gasteiger partial charge in [-0.05, 0) is 91.8 Å². The molecule has 2 aliphatic rings. The van der Waals surface area contributed by atoms with E-state index in [1.54, 1.807) is 97.0 Å². The molecule has 2 saturated heterocycles. The Morgan fingerprint density at radius 2 is 1.15 bits per heavy atom. The number of aliphatic carboxylic acids is 1. The highest BCUT2D eigenvalue weighted by atomic mass is 35.5. The number of allylic oxidation sites excluding steroid dienone is 2. The second-order valence-electron chi connectivity index (χ2n) is 17.9. The minimum Gasteiger partial charge on any atom is -0.480 e. The molecule has 358 valence electrons. The maximum Gasteiger partial charge on any atom is 0.411 e. The molecule has 0 unspecified atom stereocenters. The van der Waals surface area contributed by atoms with E-state index in [-0.39, 0.29) is 36.6 Å². The van der Waals surface area contributed by atoms with Gasteiger partial charge in [0.1, 0.15) is 28.9 Å². The van der Waals surface area contributed by atoms with Gasteiger partial charge in [-0.2, -0.15) is 17.6 Å². The fraction of sp³-hybridized carbons (Fsp3) is 0.467. The van der Waals surface area contributed by atoms with E-state index in [0.717, 1.165) is 4.90 Å². The average Bonchev–Trinajstić information content (AvgIpc) is 3.75. The lowest BCUT2D eigenvalue weighted by molar-refractivity contribution is -0.146. The Morgan fingerprint density at radius 1 is 0.727 bits per heavy atom. The van der Waals surface area contributed by atoms with E-state index in [1.165, 1.54) is 18.9 Å². The highest BCUT2D eigenvalue weighted by molar-refractivity contribution is 6.30. The van der Waals surface area contributed by atoms with Gasteiger partial charge in [0.25, 0.3) is 0 Å². The number of nitrogens with zero attached hydrogens (tertiary/aromatic N) is 6. The van der Waals surface area contributed by atoms with Crippen molar-refractivity contribution in [3.8, 4) is 5.88 Å². The fourth-order valence-electron chi connectivity index (χ4n) is 6.68. The van der Waals surface area contributed by atoms with Crippen LogP contribution in [0.1, 0.15) is 79.6 Å². The number of hydrogen-bond donors (Lipinski definition) is 2. The monoisotopic (exact) mass is 948 g/mol. The van der Waals surface area contributed by atoms with Crippen LogP contribution in [0.15, 0.2) is 73.8 Å². The third-order valence-electron chi connectivity index (χ3n) is 9.59. The molecule has 2 aromatic heterocycles. The van der Waals surface area contributed by atoms with Crippen LogP contribution in [0.2, 0.25) is 5.15 Å². The summed E-state index contributed by atoms with van der Waals surface area (Å²) < 4.78 is 77.4. The lowest BCUT2D eigenvalue weighted by Gasteiger charge is -2.29. The van der Waals surface area contributed by atoms with Crippen LogP contribution in [-0.4, -0.2) is 119 Å². The summed E-state index contributed by atoms with van der Waals surface area (Å²) in [4.78, 5) is 66.2. The number of methoxy groups -OCH3 is 1. The number of aromatic nitrogens is 4. The average molecular weight is 949 g/mol. The molecule has 2 aliphatic heterocycles. The van der Waals surface area contributed by atoms with Gasteiger partial charge >= 0.3 is 36.0 Å². The van der Waals surface area contributed by atoms with Gasteiger partial charge in [0.2, 0.25) is 5.88 Å². The van der Waals surface area contributed by atoms with Crippen molar-refractivity contribution in [2.45, 2.75) is 115 Å². The number of ether oxygens (including phenoxy) is 4. The van der Waals surface area contributed by atoms with Crippen molar-refractivity contribution in [3.05, 3.63) is 90.4 Å². The van der Waals surface area contributed by atoms with E-state index in [0.29, 0.717) is 28.7 Å². The van der Waals surface area contributed by atoms with Crippen LogP contribution in [-0.2, 0) is 35.6 Å². The molecule has 21 heteroatoms. The number of para-hydroxylation sites is 4. The van der Waals surface area contributed by atoms with Crippen LogP contribution in [0, 0.1) is 0 Å². The van der Waals surface area contributed by atoms with Crippen molar-refractivity contribution in [1.82, 2.24) is 29.7 Å². The maximum absolute atomic E-state index is 14.7. The van der Waals surface area contributed by atoms with E-state index in [9.17, 15) is 41.8 Å². The van der Waals surface area contributed by atoms with Gasteiger partial charge in [0.05, 0.1) is 47.9 Å². The molecule has 4 aromatic rings. The summed E-state index contributed by atoms with van der Waals surface area (Å²) in [7, 11) is 1.20. The highest BCUT2D eigenvalue weighted by Crippen LogP contribution is 2.40. The number of fused-ring (bicyclic) bond motifs is 2. The molecular weight excluding hydrogens is 896 g/mol. The highest BCUT2D eigenvalue weighted by Gasteiger charge is 2.51. The number of rotatable bonds is 8. The molecule has 0 spiro atoms. The molecule has 4 atom stereocenters. The molecule has 0 bridgehead atoms. The molecular formula is C45H53ClF4N6O10. The number of carboxylic acid groups (broad SMARTS) is 1. The third-order valence-corrected chi connectivity index (χ3v) is 9.86. The topological polar surface area (TPSA) is 204 Å². The molecule has 66 heavy (non-hydrogen) atoms. The Hall–Kier alpha value is -6.15. The van der Waals surface area contributed by atoms with E-state index in [2.05, 4.69) is 33.1 Å². The quantitative estimate of drug-likeness (QED) is 0.0735. The van der Waals surface area contributed by atoms with E-state index >= 15 is 0 Å². The normalized spacial score (nSPS) is 20.9. The predicted octanol–water partition coefficient (Wildman–Crippen LogP) is 8.62. The number of alkyl halides is 4. The molecule has 2 N–H and O–H groups in total. The number of likely N-dealkylation sites (tertiary alicyclic amines) is 2. The number of β-amino-alcohol motifs (C(OH)–C–C–N with tert-alkyl or cyclic N) is 1. The first-order valence-electron chi connectivity index (χ1n) is 20.3. The lowest BCUT2D eigenvalue weighted by atomic mass is 10.0. The smallest absolute Gasteiger partial charge is 0.411 e. The Bertz CT molecular complexity index is 2480. The fourth-order valence-corrected chi connectivity index (χ4v) is 6.94. The molecule has 2 amide bonds. The minimum absolute atomic E-state index is 0.0155. The second kappa shape index (κ2) is 19.8. The minimum atomic E-state index is -3.52. The summed E-state index contributed by atoms with van der Waals surface area (Å²) in [5.41, 5.74) is -3.72. The van der Waals surface area contributed by atoms with Crippen molar-refractivity contribution < 1.29 is 65.9 Å². The molecule has 0 aliphatic carbocycles. The SMILES string of the molecule is C=CC(F)(F)c1nc2ccccc2nc1Cl.C=CC(F)(F)c1nc2ccccc2nc1O[C@]1(C)C[C@@H](C(=O)OC)N(C(=O)OC(C)(C)C)C1.CC(C)(C)OC(=O)N1C[C@](C)(O)C[C@H]1C(=O)O. The molecule has 4 heterocycles. The lowest BCUT2D eigenvalue weighted by Crippen LogP contribution is -2.44. The zero-order valence-corrected chi connectivity index (χ0v) is 38.7. The Morgan fingerprint density at radius 3 is 1.59 bits per heavy atom. The zero-order valence-electron chi connectivity index (χ0n) is 37.9. The third kappa shape index (κ3) is 13.2. The number of carbonyl (C=O) groups is 4. The van der Waals surface area contributed by atoms with Crippen LogP contribution < -0.4 is 4.74 Å². The second-order valence-corrected chi connectivity index (χ2v) is 18.3. The largest absolute Gasteiger partial charge is 0.480 e. The number of carboxylic acids is 1. The van der Waals surface area contributed by atoms with E-state index in [1.807, 2.05) is 0 Å². The van der Waals surface area contributed by atoms with Crippen LogP contribution >= 0.6 is 11.6 Å². The van der Waals surface area contributed by atoms with Crippen molar-refractivity contribution in [3.63, 3.8) is 0 Å². The van der Waals surface area contributed by atoms with E-state index < -0.39 is 87.7 Å². The van der Waals surface area contributed by atoms with E-state index in [4.69, 9.17) is 35.7 Å². The first-order chi connectivity index (χ1) is 30.3. The summed E-state index contributed by atoms with van der Waals surface area (Å²) in [5, 5.41) is 18.5. The summed E-state index contributed by atoms with van der Waals surface area (Å²) in [5.74, 6) is -9.00. The van der Waals surface area contributed by atoms with Crippen LogP contribution in [0.4, 0.5) is 27.2 Å². The number of hydrogen-bond acceptors (Lipinski definition) is 13. The van der Waals surface area contributed by atoms with Crippen molar-refractivity contribution in [2.75, 3.05) is 20.2 Å². The summed E-state index contributed by atoms with van der Waals surface area (Å²) >= 11 is 5.67. The predicted molar refractivity (Wildman–Crippen MR) is 234 cm³/mol. The van der Waals surface area contributed by atoms with Crippen molar-refractivity contribution in [1.29, 1.82) is 0 Å². The number of benzene rings is 2. The number of halogens is 5. The van der Waals surface area contributed by atoms with Gasteiger partial charge in [-0.15, -0.1) is 0 Å². The summed E-state index contributed by atoms with van der Waals surface area (Å²) in [6.07, 6.45) is -0.500. The maximum atomic E-state index is 14.7. The zero-order chi connectivity index (χ0) is 49.8. The number of carbonyl (C=O) groups excluding carboxylic acids is 3. The van der Waals surface area contributed by atoms with Gasteiger partial charge in [0.15, 0.2) is 16.5 Å². The summed E-state index contributed by atoms with van der Waals surface area (Å²) in [6.45, 7) is 19.4. The molecule has 2 aromatic carbocycles. The van der Waals surface area contributed by atoms with Crippen molar-refractivity contribution in [2.24, 2.45) is 0 Å². The molecule has 2 fully saturated rings. The Kier molecular flexibility index (Phi) is 15.7. The van der Waals surface area contributed by atoms with Gasteiger partial charge in [0, 0.05) is 12.8 Å². The molecule has 16 nitrogen and oxygen atoms in total. The first kappa shape index (κ1) is 52.5. The molecule has 0 radical (unpaired) electrons. The van der Waals surface area contributed by atoms with Crippen LogP contribution in [0.5, 0.6) is 5.88 Å². The van der Waals surface area contributed by atoms with Gasteiger partial charge in [-0.3, -0.25) is 9.80 Å². The van der Waals surface area contributed by atoms with Crippen molar-refractivity contribution >= 4 is 57.8 Å². The molecule has 0 saturated carbocycles.